The zero-order chi connectivity index (χ0) is 14.6. The van der Waals surface area contributed by atoms with E-state index < -0.39 is 0 Å². The molecule has 3 N–H and O–H groups in total. The van der Waals surface area contributed by atoms with Crippen molar-refractivity contribution in [2.75, 3.05) is 4.90 Å². The highest BCUT2D eigenvalue weighted by Crippen LogP contribution is 2.58. The first kappa shape index (κ1) is 13.4. The Morgan fingerprint density at radius 2 is 1.52 bits per heavy atom. The molecule has 0 aliphatic heterocycles. The molecule has 0 aromatic heterocycles. The third kappa shape index (κ3) is 2.13. The van der Waals surface area contributed by atoms with Crippen molar-refractivity contribution in [1.82, 2.24) is 0 Å². The fraction of sp³-hybridized carbons (Fsp3) is 0.588. The van der Waals surface area contributed by atoms with Gasteiger partial charge in [-0.3, -0.25) is 5.41 Å². The summed E-state index contributed by atoms with van der Waals surface area (Å²) in [5, 5.41) is 8.88. The summed E-state index contributed by atoms with van der Waals surface area (Å²) in [5.41, 5.74) is 7.10. The number of nitrogens with zero attached hydrogens (tertiary/aromatic N) is 1. The minimum atomic E-state index is 0.0778. The number of nitrogens with two attached hydrogens (primary N) is 1. The van der Waals surface area contributed by atoms with E-state index in [1.807, 2.05) is 24.3 Å². The van der Waals surface area contributed by atoms with Crippen LogP contribution in [-0.4, -0.2) is 11.5 Å². The van der Waals surface area contributed by atoms with E-state index in [1.165, 1.54) is 38.5 Å². The predicted molar refractivity (Wildman–Crippen MR) is 86.7 cm³/mol. The van der Waals surface area contributed by atoms with Crippen LogP contribution in [0.15, 0.2) is 24.3 Å². The summed E-state index contributed by atoms with van der Waals surface area (Å²) in [4.78, 5) is 2.10. The maximum Gasteiger partial charge on any atom is 0.193 e. The van der Waals surface area contributed by atoms with Gasteiger partial charge in [-0.25, -0.2) is 0 Å². The molecule has 4 bridgehead atoms. The molecule has 0 saturated heterocycles. The zero-order valence-electron chi connectivity index (χ0n) is 12.2. The van der Waals surface area contributed by atoms with Crippen molar-refractivity contribution >= 4 is 23.2 Å². The molecule has 4 aliphatic rings. The summed E-state index contributed by atoms with van der Waals surface area (Å²) in [6.07, 6.45) is 7.77. The largest absolute Gasteiger partial charge is 0.370 e. The number of guanidine groups is 1. The van der Waals surface area contributed by atoms with Crippen molar-refractivity contribution in [3.05, 3.63) is 29.3 Å². The first-order chi connectivity index (χ1) is 10.1. The first-order valence-corrected chi connectivity index (χ1v) is 8.33. The van der Waals surface area contributed by atoms with Gasteiger partial charge in [0.1, 0.15) is 0 Å². The van der Waals surface area contributed by atoms with Gasteiger partial charge >= 0.3 is 0 Å². The molecule has 0 radical (unpaired) electrons. The number of rotatable bonds is 2. The predicted octanol–water partition coefficient (Wildman–Crippen LogP) is 4.01. The molecule has 0 unspecified atom stereocenters. The van der Waals surface area contributed by atoms with Crippen LogP contribution in [0, 0.1) is 23.2 Å². The molecule has 4 heteroatoms. The summed E-state index contributed by atoms with van der Waals surface area (Å²) in [5.74, 6) is 2.69. The molecular formula is C17H22ClN3. The fourth-order valence-corrected chi connectivity index (χ4v) is 5.72. The van der Waals surface area contributed by atoms with Crippen LogP contribution in [0.3, 0.4) is 0 Å². The number of benzene rings is 1. The molecule has 4 fully saturated rings. The normalized spacial score (nSPS) is 36.7. The van der Waals surface area contributed by atoms with Crippen LogP contribution in [0.2, 0.25) is 5.02 Å². The maximum absolute atomic E-state index is 8.15. The van der Waals surface area contributed by atoms with Gasteiger partial charge in [-0.15, -0.1) is 0 Å². The van der Waals surface area contributed by atoms with E-state index >= 15 is 0 Å². The molecule has 1 aromatic rings. The molecule has 0 atom stereocenters. The number of nitrogens with one attached hydrogen (secondary N) is 1. The van der Waals surface area contributed by atoms with E-state index in [9.17, 15) is 0 Å². The second-order valence-electron chi connectivity index (χ2n) is 7.34. The minimum absolute atomic E-state index is 0.0778. The van der Waals surface area contributed by atoms with Crippen LogP contribution in [0.1, 0.15) is 38.5 Å². The molecule has 0 spiro atoms. The van der Waals surface area contributed by atoms with Gasteiger partial charge in [0.15, 0.2) is 5.96 Å². The molecule has 0 amide bonds. The lowest BCUT2D eigenvalue weighted by Gasteiger charge is -2.60. The Labute approximate surface area is 131 Å². The Balaban J connectivity index is 1.74. The Hall–Kier alpha value is -1.22. The monoisotopic (exact) mass is 303 g/mol. The van der Waals surface area contributed by atoms with Gasteiger partial charge in [-0.2, -0.15) is 0 Å². The standard InChI is InChI=1S/C17H22ClN3/c18-14-1-3-15(4-2-14)21(16(19)20)17-8-11-5-12(9-17)7-13(6-11)10-17/h1-4,11-13H,5-10H2,(H3,19,20). The summed E-state index contributed by atoms with van der Waals surface area (Å²) in [6, 6.07) is 7.80. The van der Waals surface area contributed by atoms with Gasteiger partial charge < -0.3 is 10.6 Å². The van der Waals surface area contributed by atoms with Gasteiger partial charge in [-0.05, 0) is 80.5 Å². The Bertz CT molecular complexity index is 531. The minimum Gasteiger partial charge on any atom is -0.370 e. The Kier molecular flexibility index (Phi) is 2.97. The average molecular weight is 304 g/mol. The Morgan fingerprint density at radius 3 is 1.95 bits per heavy atom. The molecule has 0 heterocycles. The quantitative estimate of drug-likeness (QED) is 0.640. The molecular weight excluding hydrogens is 282 g/mol. The zero-order valence-corrected chi connectivity index (χ0v) is 12.9. The highest BCUT2D eigenvalue weighted by Gasteiger charge is 2.54. The second kappa shape index (κ2) is 4.64. The number of halogens is 1. The summed E-state index contributed by atoms with van der Waals surface area (Å²) in [7, 11) is 0. The molecule has 4 aliphatic carbocycles. The van der Waals surface area contributed by atoms with Crippen LogP contribution in [0.5, 0.6) is 0 Å². The van der Waals surface area contributed by atoms with Crippen LogP contribution in [0.4, 0.5) is 5.69 Å². The van der Waals surface area contributed by atoms with Crippen molar-refractivity contribution in [1.29, 1.82) is 5.41 Å². The van der Waals surface area contributed by atoms with Gasteiger partial charge in [0.25, 0.3) is 0 Å². The van der Waals surface area contributed by atoms with Crippen LogP contribution >= 0.6 is 11.6 Å². The topological polar surface area (TPSA) is 53.1 Å². The lowest BCUT2D eigenvalue weighted by atomic mass is 9.52. The van der Waals surface area contributed by atoms with Crippen molar-refractivity contribution in [2.24, 2.45) is 23.5 Å². The average Bonchev–Trinajstić information content (AvgIpc) is 2.39. The molecule has 3 nitrogen and oxygen atoms in total. The summed E-state index contributed by atoms with van der Waals surface area (Å²) >= 11 is 6.01. The molecule has 5 rings (SSSR count). The van der Waals surface area contributed by atoms with Crippen molar-refractivity contribution in [3.8, 4) is 0 Å². The van der Waals surface area contributed by atoms with Crippen molar-refractivity contribution in [3.63, 3.8) is 0 Å². The van der Waals surface area contributed by atoms with Crippen molar-refractivity contribution in [2.45, 2.75) is 44.1 Å². The smallest absolute Gasteiger partial charge is 0.193 e. The van der Waals surface area contributed by atoms with E-state index in [2.05, 4.69) is 4.90 Å². The van der Waals surface area contributed by atoms with E-state index in [1.54, 1.807) is 0 Å². The van der Waals surface area contributed by atoms with Crippen molar-refractivity contribution < 1.29 is 0 Å². The third-order valence-corrected chi connectivity index (χ3v) is 6.06. The van der Waals surface area contributed by atoms with Crippen LogP contribution in [-0.2, 0) is 0 Å². The van der Waals surface area contributed by atoms with E-state index in [0.717, 1.165) is 28.5 Å². The van der Waals surface area contributed by atoms with Crippen LogP contribution < -0.4 is 10.6 Å². The highest BCUT2D eigenvalue weighted by molar-refractivity contribution is 6.30. The van der Waals surface area contributed by atoms with Crippen LogP contribution in [0.25, 0.3) is 0 Å². The summed E-state index contributed by atoms with van der Waals surface area (Å²) in [6.45, 7) is 0. The highest BCUT2D eigenvalue weighted by atomic mass is 35.5. The van der Waals surface area contributed by atoms with Gasteiger partial charge in [-0.1, -0.05) is 11.6 Å². The lowest BCUT2D eigenvalue weighted by molar-refractivity contribution is 0.00167. The number of anilines is 1. The lowest BCUT2D eigenvalue weighted by Crippen LogP contribution is -2.63. The summed E-state index contributed by atoms with van der Waals surface area (Å²) < 4.78 is 0. The fourth-order valence-electron chi connectivity index (χ4n) is 5.60. The van der Waals surface area contributed by atoms with Gasteiger partial charge in [0, 0.05) is 16.2 Å². The molecule has 4 saturated carbocycles. The Morgan fingerprint density at radius 1 is 1.05 bits per heavy atom. The van der Waals surface area contributed by atoms with E-state index in [-0.39, 0.29) is 11.5 Å². The second-order valence-corrected chi connectivity index (χ2v) is 7.78. The SMILES string of the molecule is N=C(N)N(c1ccc(Cl)cc1)C12CC3CC(CC(C3)C1)C2. The number of hydrogen-bond acceptors (Lipinski definition) is 1. The maximum atomic E-state index is 8.15. The van der Waals surface area contributed by atoms with Gasteiger partial charge in [0.2, 0.25) is 0 Å². The molecule has 21 heavy (non-hydrogen) atoms. The van der Waals surface area contributed by atoms with E-state index in [4.69, 9.17) is 22.7 Å². The third-order valence-electron chi connectivity index (χ3n) is 5.81. The number of hydrogen-bond donors (Lipinski definition) is 2. The first-order valence-electron chi connectivity index (χ1n) is 7.95. The van der Waals surface area contributed by atoms with E-state index in [0.29, 0.717) is 0 Å². The van der Waals surface area contributed by atoms with Gasteiger partial charge in [0.05, 0.1) is 0 Å². The molecule has 112 valence electrons. The molecule has 1 aromatic carbocycles.